The van der Waals surface area contributed by atoms with Crippen LogP contribution in [0.2, 0.25) is 0 Å². The number of aliphatic imine (C=N–C) groups is 1. The second-order valence-electron chi connectivity index (χ2n) is 5.22. The van der Waals surface area contributed by atoms with Crippen LogP contribution in [0.1, 0.15) is 11.1 Å². The van der Waals surface area contributed by atoms with Gasteiger partial charge in [0.2, 0.25) is 0 Å². The second-order valence-corrected chi connectivity index (χ2v) is 5.22. The smallest absolute Gasteiger partial charge is 0.191 e. The van der Waals surface area contributed by atoms with Gasteiger partial charge in [-0.3, -0.25) is 9.89 Å². The van der Waals surface area contributed by atoms with Crippen molar-refractivity contribution in [3.05, 3.63) is 35.1 Å². The number of nitrogens with zero attached hydrogens (tertiary/aromatic N) is 3. The molecule has 1 saturated heterocycles. The standard InChI is InChI=1S/C16H22FN5O.HI/c1-19-16(20-4-5-22-6-8-23-9-7-22)21-12-14-10-13(11-18)2-3-15(14)17;/h2-3,10H,4-9,12H2,1H3,(H2,19,20,21);1H. The fourth-order valence-electron chi connectivity index (χ4n) is 2.34. The topological polar surface area (TPSA) is 72.7 Å². The molecule has 0 amide bonds. The minimum Gasteiger partial charge on any atom is -0.379 e. The molecule has 1 aliphatic heterocycles. The van der Waals surface area contributed by atoms with E-state index in [0.29, 0.717) is 17.1 Å². The number of hydrogen-bond donors (Lipinski definition) is 2. The maximum Gasteiger partial charge on any atom is 0.191 e. The Morgan fingerprint density at radius 3 is 2.79 bits per heavy atom. The molecule has 1 aliphatic rings. The predicted octanol–water partition coefficient (Wildman–Crippen LogP) is 1.31. The lowest BCUT2D eigenvalue weighted by molar-refractivity contribution is 0.0389. The molecule has 0 aromatic heterocycles. The Morgan fingerprint density at radius 1 is 1.38 bits per heavy atom. The first-order chi connectivity index (χ1) is 11.2. The van der Waals surface area contributed by atoms with Crippen LogP contribution in [0.5, 0.6) is 0 Å². The lowest BCUT2D eigenvalue weighted by atomic mass is 10.1. The summed E-state index contributed by atoms with van der Waals surface area (Å²) in [5.74, 6) is 0.278. The Kier molecular flexibility index (Phi) is 9.59. The average molecular weight is 447 g/mol. The molecule has 0 spiro atoms. The SMILES string of the molecule is CN=C(NCCN1CCOCC1)NCc1cc(C#N)ccc1F.I. The highest BCUT2D eigenvalue weighted by molar-refractivity contribution is 14.0. The normalized spacial score (nSPS) is 15.3. The maximum absolute atomic E-state index is 13.7. The highest BCUT2D eigenvalue weighted by Crippen LogP contribution is 2.09. The van der Waals surface area contributed by atoms with Gasteiger partial charge in [0.15, 0.2) is 5.96 Å². The van der Waals surface area contributed by atoms with Gasteiger partial charge in [-0.05, 0) is 18.2 Å². The summed E-state index contributed by atoms with van der Waals surface area (Å²) in [4.78, 5) is 6.44. The molecule has 0 saturated carbocycles. The zero-order chi connectivity index (χ0) is 16.5. The summed E-state index contributed by atoms with van der Waals surface area (Å²) < 4.78 is 19.0. The van der Waals surface area contributed by atoms with E-state index in [1.54, 1.807) is 13.1 Å². The fourth-order valence-corrected chi connectivity index (χ4v) is 2.34. The van der Waals surface area contributed by atoms with E-state index in [-0.39, 0.29) is 36.3 Å². The van der Waals surface area contributed by atoms with Crippen LogP contribution in [0.25, 0.3) is 0 Å². The molecule has 1 fully saturated rings. The van der Waals surface area contributed by atoms with Crippen LogP contribution < -0.4 is 10.6 Å². The van der Waals surface area contributed by atoms with Crippen molar-refractivity contribution in [1.29, 1.82) is 5.26 Å². The van der Waals surface area contributed by atoms with Gasteiger partial charge in [0.25, 0.3) is 0 Å². The number of rotatable bonds is 5. The third-order valence-corrected chi connectivity index (χ3v) is 3.67. The molecule has 0 radical (unpaired) electrons. The van der Waals surface area contributed by atoms with Crippen LogP contribution in [0.15, 0.2) is 23.2 Å². The highest BCUT2D eigenvalue weighted by Gasteiger charge is 2.10. The zero-order valence-corrected chi connectivity index (χ0v) is 16.0. The van der Waals surface area contributed by atoms with E-state index in [2.05, 4.69) is 20.5 Å². The summed E-state index contributed by atoms with van der Waals surface area (Å²) in [5.41, 5.74) is 0.888. The third kappa shape index (κ3) is 6.59. The molecule has 8 heteroatoms. The van der Waals surface area contributed by atoms with Crippen LogP contribution in [0, 0.1) is 17.1 Å². The van der Waals surface area contributed by atoms with E-state index in [1.807, 2.05) is 6.07 Å². The molecule has 0 atom stereocenters. The van der Waals surface area contributed by atoms with Crippen molar-refractivity contribution >= 4 is 29.9 Å². The zero-order valence-electron chi connectivity index (χ0n) is 13.7. The molecule has 1 aromatic carbocycles. The minimum atomic E-state index is -0.333. The van der Waals surface area contributed by atoms with Crippen LogP contribution in [0.4, 0.5) is 4.39 Å². The molecule has 1 aromatic rings. The summed E-state index contributed by atoms with van der Waals surface area (Å²) in [7, 11) is 1.67. The van der Waals surface area contributed by atoms with Crippen molar-refractivity contribution in [1.82, 2.24) is 15.5 Å². The number of ether oxygens (including phenoxy) is 1. The number of benzene rings is 1. The van der Waals surface area contributed by atoms with E-state index < -0.39 is 0 Å². The molecule has 2 rings (SSSR count). The quantitative estimate of drug-likeness (QED) is 0.405. The molecule has 0 aliphatic carbocycles. The van der Waals surface area contributed by atoms with Gasteiger partial charge in [-0.25, -0.2) is 4.39 Å². The number of morpholine rings is 1. The predicted molar refractivity (Wildman–Crippen MR) is 102 cm³/mol. The Hall–Kier alpha value is -1.44. The number of halogens is 2. The van der Waals surface area contributed by atoms with Crippen LogP contribution >= 0.6 is 24.0 Å². The Balaban J connectivity index is 0.00000288. The van der Waals surface area contributed by atoms with Gasteiger partial charge >= 0.3 is 0 Å². The lowest BCUT2D eigenvalue weighted by Gasteiger charge is -2.26. The first-order valence-corrected chi connectivity index (χ1v) is 7.66. The van der Waals surface area contributed by atoms with Gasteiger partial charge in [-0.2, -0.15) is 5.26 Å². The molecular formula is C16H23FIN5O. The monoisotopic (exact) mass is 447 g/mol. The van der Waals surface area contributed by atoms with E-state index in [0.717, 1.165) is 39.4 Å². The van der Waals surface area contributed by atoms with Gasteiger partial charge in [0.05, 0.1) is 24.8 Å². The summed E-state index contributed by atoms with van der Waals surface area (Å²) in [6.07, 6.45) is 0. The number of hydrogen-bond acceptors (Lipinski definition) is 4. The largest absolute Gasteiger partial charge is 0.379 e. The first-order valence-electron chi connectivity index (χ1n) is 7.66. The van der Waals surface area contributed by atoms with Gasteiger partial charge in [0.1, 0.15) is 5.82 Å². The Morgan fingerprint density at radius 2 is 2.12 bits per heavy atom. The molecular weight excluding hydrogens is 424 g/mol. The minimum absolute atomic E-state index is 0. The average Bonchev–Trinajstić information content (AvgIpc) is 2.60. The summed E-state index contributed by atoms with van der Waals surface area (Å²) >= 11 is 0. The van der Waals surface area contributed by atoms with Crippen molar-refractivity contribution in [3.63, 3.8) is 0 Å². The summed E-state index contributed by atoms with van der Waals surface area (Å²) in [6.45, 7) is 5.38. The maximum atomic E-state index is 13.7. The Bertz CT molecular complexity index is 584. The van der Waals surface area contributed by atoms with Crippen molar-refractivity contribution in [3.8, 4) is 6.07 Å². The van der Waals surface area contributed by atoms with E-state index in [9.17, 15) is 4.39 Å². The van der Waals surface area contributed by atoms with E-state index in [4.69, 9.17) is 10.00 Å². The molecule has 2 N–H and O–H groups in total. The molecule has 24 heavy (non-hydrogen) atoms. The number of guanidine groups is 1. The van der Waals surface area contributed by atoms with E-state index in [1.165, 1.54) is 12.1 Å². The van der Waals surface area contributed by atoms with Crippen LogP contribution in [0.3, 0.4) is 0 Å². The molecule has 6 nitrogen and oxygen atoms in total. The van der Waals surface area contributed by atoms with E-state index >= 15 is 0 Å². The lowest BCUT2D eigenvalue weighted by Crippen LogP contribution is -2.44. The summed E-state index contributed by atoms with van der Waals surface area (Å²) in [6, 6.07) is 6.33. The first kappa shape index (κ1) is 20.6. The molecule has 0 bridgehead atoms. The fraction of sp³-hybridized carbons (Fsp3) is 0.500. The van der Waals surface area contributed by atoms with Crippen molar-refractivity contribution in [2.45, 2.75) is 6.54 Å². The van der Waals surface area contributed by atoms with Crippen LogP contribution in [-0.2, 0) is 11.3 Å². The number of nitrogens with one attached hydrogen (secondary N) is 2. The second kappa shape index (κ2) is 11.2. The highest BCUT2D eigenvalue weighted by atomic mass is 127. The van der Waals surface area contributed by atoms with Gasteiger partial charge in [-0.15, -0.1) is 24.0 Å². The molecule has 0 unspecified atom stereocenters. The van der Waals surface area contributed by atoms with Crippen molar-refractivity contribution in [2.24, 2.45) is 4.99 Å². The van der Waals surface area contributed by atoms with Crippen LogP contribution in [-0.4, -0.2) is 57.3 Å². The van der Waals surface area contributed by atoms with Gasteiger partial charge in [-0.1, -0.05) is 0 Å². The van der Waals surface area contributed by atoms with Gasteiger partial charge in [0, 0.05) is 45.3 Å². The third-order valence-electron chi connectivity index (χ3n) is 3.67. The molecule has 1 heterocycles. The number of nitriles is 1. The molecule has 132 valence electrons. The van der Waals surface area contributed by atoms with Crippen molar-refractivity contribution < 1.29 is 9.13 Å². The summed E-state index contributed by atoms with van der Waals surface area (Å²) in [5, 5.41) is 15.1. The Labute approximate surface area is 159 Å². The van der Waals surface area contributed by atoms with Crippen molar-refractivity contribution in [2.75, 3.05) is 46.4 Å². The van der Waals surface area contributed by atoms with Gasteiger partial charge < -0.3 is 15.4 Å².